The monoisotopic (exact) mass is 530 g/mol. The van der Waals surface area contributed by atoms with Crippen LogP contribution in [0, 0.1) is 6.92 Å². The van der Waals surface area contributed by atoms with E-state index < -0.39 is 24.7 Å². The summed E-state index contributed by atoms with van der Waals surface area (Å²) < 4.78 is 49.0. The number of halogens is 4. The number of anilines is 1. The van der Waals surface area contributed by atoms with Crippen molar-refractivity contribution < 1.29 is 22.7 Å². The molecule has 0 aliphatic carbocycles. The molecule has 0 radical (unpaired) electrons. The summed E-state index contributed by atoms with van der Waals surface area (Å²) in [5.74, 6) is -0.142. The third-order valence-corrected chi connectivity index (χ3v) is 6.44. The number of carbonyl (C=O) groups is 1. The number of fused-ring (bicyclic) bond motifs is 1. The van der Waals surface area contributed by atoms with E-state index in [9.17, 15) is 18.0 Å². The van der Waals surface area contributed by atoms with Gasteiger partial charge >= 0.3 is 6.18 Å². The third-order valence-electron chi connectivity index (χ3n) is 6.20. The molecule has 8 nitrogen and oxygen atoms in total. The van der Waals surface area contributed by atoms with Crippen LogP contribution in [0.25, 0.3) is 16.9 Å². The standard InChI is InChI=1S/C25H22ClF3N6O2/c1-15-11-33(14-30-15)21-6-3-16(10-23(21)37-2)19-12-35(32-31-19)22-7-4-17-9-18(26)5-8-20(17)34(24(22)36)13-25(27,28)29/h3,5-6,8-12,14,22H,4,7,13H2,1-2H3/t22-/m0/s1. The smallest absolute Gasteiger partial charge is 0.406 e. The number of hydrogen-bond donors (Lipinski definition) is 0. The molecule has 1 aliphatic heterocycles. The molecule has 12 heteroatoms. The first-order chi connectivity index (χ1) is 17.6. The average Bonchev–Trinajstić information content (AvgIpc) is 3.49. The van der Waals surface area contributed by atoms with Gasteiger partial charge in [-0.1, -0.05) is 22.9 Å². The van der Waals surface area contributed by atoms with E-state index in [1.807, 2.05) is 29.8 Å². The summed E-state index contributed by atoms with van der Waals surface area (Å²) in [6.45, 7) is 0.471. The Kier molecular flexibility index (Phi) is 6.40. The molecule has 37 heavy (non-hydrogen) atoms. The van der Waals surface area contributed by atoms with Gasteiger partial charge in [0.15, 0.2) is 0 Å². The largest absolute Gasteiger partial charge is 0.495 e. The molecule has 4 aromatic rings. The second-order valence-corrected chi connectivity index (χ2v) is 9.20. The fraction of sp³-hybridized carbons (Fsp3) is 0.280. The molecule has 0 fully saturated rings. The van der Waals surface area contributed by atoms with Crippen molar-refractivity contribution in [3.63, 3.8) is 0 Å². The van der Waals surface area contributed by atoms with E-state index in [2.05, 4.69) is 15.3 Å². The van der Waals surface area contributed by atoms with E-state index in [4.69, 9.17) is 16.3 Å². The number of carbonyl (C=O) groups excluding carboxylic acids is 1. The van der Waals surface area contributed by atoms with Crippen molar-refractivity contribution in [1.82, 2.24) is 24.5 Å². The zero-order valence-electron chi connectivity index (χ0n) is 19.9. The maximum Gasteiger partial charge on any atom is 0.406 e. The Labute approximate surface area is 215 Å². The van der Waals surface area contributed by atoms with Crippen LogP contribution >= 0.6 is 11.6 Å². The number of methoxy groups -OCH3 is 1. The predicted molar refractivity (Wildman–Crippen MR) is 131 cm³/mol. The van der Waals surface area contributed by atoms with Gasteiger partial charge in [-0.2, -0.15) is 13.2 Å². The Morgan fingerprint density at radius 2 is 1.92 bits per heavy atom. The van der Waals surface area contributed by atoms with Crippen LogP contribution < -0.4 is 9.64 Å². The van der Waals surface area contributed by atoms with Crippen LogP contribution in [-0.4, -0.2) is 50.3 Å². The highest BCUT2D eigenvalue weighted by atomic mass is 35.5. The van der Waals surface area contributed by atoms with E-state index in [-0.39, 0.29) is 12.1 Å². The highest BCUT2D eigenvalue weighted by Crippen LogP contribution is 2.36. The van der Waals surface area contributed by atoms with Crippen LogP contribution in [0.5, 0.6) is 5.75 Å². The Bertz CT molecular complexity index is 1460. The molecule has 0 saturated carbocycles. The van der Waals surface area contributed by atoms with E-state index in [1.165, 1.54) is 16.8 Å². The van der Waals surface area contributed by atoms with E-state index in [1.54, 1.807) is 31.8 Å². The first kappa shape index (κ1) is 24.8. The van der Waals surface area contributed by atoms with Crippen molar-refractivity contribution in [2.24, 2.45) is 0 Å². The van der Waals surface area contributed by atoms with Gasteiger partial charge in [0.1, 0.15) is 24.0 Å². The predicted octanol–water partition coefficient (Wildman–Crippen LogP) is 5.18. The van der Waals surface area contributed by atoms with Gasteiger partial charge in [0.25, 0.3) is 5.91 Å². The molecular weight excluding hydrogens is 509 g/mol. The Morgan fingerprint density at radius 1 is 1.14 bits per heavy atom. The molecule has 2 aromatic heterocycles. The zero-order valence-corrected chi connectivity index (χ0v) is 20.7. The van der Waals surface area contributed by atoms with Crippen molar-refractivity contribution in [1.29, 1.82) is 0 Å². The average molecular weight is 531 g/mol. The number of rotatable bonds is 5. The number of benzene rings is 2. The second kappa shape index (κ2) is 9.55. The van der Waals surface area contributed by atoms with Crippen LogP contribution in [0.15, 0.2) is 55.1 Å². The van der Waals surface area contributed by atoms with Crippen molar-refractivity contribution >= 4 is 23.2 Å². The van der Waals surface area contributed by atoms with Crippen molar-refractivity contribution in [2.45, 2.75) is 32.0 Å². The molecule has 5 rings (SSSR count). The Balaban J connectivity index is 1.47. The summed E-state index contributed by atoms with van der Waals surface area (Å²) in [5, 5.41) is 8.70. The van der Waals surface area contributed by atoms with Gasteiger partial charge in [-0.25, -0.2) is 9.67 Å². The summed E-state index contributed by atoms with van der Waals surface area (Å²) in [7, 11) is 1.55. The van der Waals surface area contributed by atoms with Crippen LogP contribution in [0.3, 0.4) is 0 Å². The number of hydrogen-bond acceptors (Lipinski definition) is 5. The molecule has 0 bridgehead atoms. The van der Waals surface area contributed by atoms with Gasteiger partial charge in [0.2, 0.25) is 0 Å². The topological polar surface area (TPSA) is 78.1 Å². The lowest BCUT2D eigenvalue weighted by Crippen LogP contribution is -2.42. The number of aromatic nitrogens is 5. The van der Waals surface area contributed by atoms with Gasteiger partial charge in [0.05, 0.1) is 31.0 Å². The van der Waals surface area contributed by atoms with E-state index in [0.29, 0.717) is 34.0 Å². The van der Waals surface area contributed by atoms with Crippen LogP contribution in [-0.2, 0) is 11.2 Å². The van der Waals surface area contributed by atoms with Crippen molar-refractivity contribution in [3.8, 4) is 22.7 Å². The molecule has 1 aliphatic rings. The number of amides is 1. The third kappa shape index (κ3) is 5.04. The first-order valence-electron chi connectivity index (χ1n) is 11.4. The van der Waals surface area contributed by atoms with E-state index >= 15 is 0 Å². The van der Waals surface area contributed by atoms with E-state index in [0.717, 1.165) is 16.3 Å². The Hall–Kier alpha value is -3.86. The molecule has 0 unspecified atom stereocenters. The highest BCUT2D eigenvalue weighted by molar-refractivity contribution is 6.30. The minimum absolute atomic E-state index is 0.199. The fourth-order valence-corrected chi connectivity index (χ4v) is 4.68. The summed E-state index contributed by atoms with van der Waals surface area (Å²) in [6, 6.07) is 9.00. The quantitative estimate of drug-likeness (QED) is 0.355. The lowest BCUT2D eigenvalue weighted by atomic mass is 10.1. The van der Waals surface area contributed by atoms with Crippen molar-refractivity contribution in [2.75, 3.05) is 18.6 Å². The first-order valence-corrected chi connectivity index (χ1v) is 11.8. The SMILES string of the molecule is COc1cc(-c2cn([C@H]3CCc4cc(Cl)ccc4N(CC(F)(F)F)C3=O)nn2)ccc1-n1cnc(C)c1. The zero-order chi connectivity index (χ0) is 26.3. The maximum absolute atomic E-state index is 13.4. The van der Waals surface area contributed by atoms with Gasteiger partial charge < -0.3 is 14.2 Å². The second-order valence-electron chi connectivity index (χ2n) is 8.76. The minimum Gasteiger partial charge on any atom is -0.495 e. The summed E-state index contributed by atoms with van der Waals surface area (Å²) in [6.07, 6.45) is 1.12. The van der Waals surface area contributed by atoms with Crippen molar-refractivity contribution in [3.05, 3.63) is 71.4 Å². The maximum atomic E-state index is 13.4. The number of nitrogens with zero attached hydrogens (tertiary/aromatic N) is 6. The number of alkyl halides is 3. The van der Waals surface area contributed by atoms with Gasteiger partial charge in [0, 0.05) is 22.5 Å². The normalized spacial score (nSPS) is 16.0. The minimum atomic E-state index is -4.58. The molecule has 0 N–H and O–H groups in total. The molecule has 1 amide bonds. The van der Waals surface area contributed by atoms with Crippen LogP contribution in [0.1, 0.15) is 23.7 Å². The van der Waals surface area contributed by atoms with Gasteiger partial charge in [-0.05, 0) is 55.7 Å². The van der Waals surface area contributed by atoms with Crippen LogP contribution in [0.2, 0.25) is 5.02 Å². The molecule has 2 aromatic carbocycles. The van der Waals surface area contributed by atoms with Gasteiger partial charge in [-0.15, -0.1) is 5.10 Å². The molecule has 0 saturated heterocycles. The molecule has 192 valence electrons. The number of ether oxygens (including phenoxy) is 1. The summed E-state index contributed by atoms with van der Waals surface area (Å²) >= 11 is 6.08. The molecule has 0 spiro atoms. The van der Waals surface area contributed by atoms with Crippen LogP contribution in [0.4, 0.5) is 18.9 Å². The number of imidazole rings is 1. The molecule has 1 atom stereocenters. The lowest BCUT2D eigenvalue weighted by molar-refractivity contribution is -0.134. The summed E-state index contributed by atoms with van der Waals surface area (Å²) in [5.41, 5.74) is 3.52. The fourth-order valence-electron chi connectivity index (χ4n) is 4.48. The lowest BCUT2D eigenvalue weighted by Gasteiger charge is -2.26. The molecular formula is C25H22ClF3N6O2. The Morgan fingerprint density at radius 3 is 2.62 bits per heavy atom. The molecule has 3 heterocycles. The summed E-state index contributed by atoms with van der Waals surface area (Å²) in [4.78, 5) is 18.4. The number of aryl methyl sites for hydroxylation is 2. The highest BCUT2D eigenvalue weighted by Gasteiger charge is 2.39. The van der Waals surface area contributed by atoms with Gasteiger partial charge in [-0.3, -0.25) is 4.79 Å².